The maximum Gasteiger partial charge on any atom is 0.240 e. The normalized spacial score (nSPS) is 13.3. The molecule has 0 unspecified atom stereocenters. The summed E-state index contributed by atoms with van der Waals surface area (Å²) in [5.41, 5.74) is 0. The van der Waals surface area contributed by atoms with E-state index in [2.05, 4.69) is 16.9 Å². The van der Waals surface area contributed by atoms with Crippen molar-refractivity contribution < 1.29 is 0 Å². The van der Waals surface area contributed by atoms with E-state index in [1.807, 2.05) is 0 Å². The minimum absolute atomic E-state index is 1.02. The Morgan fingerprint density at radius 1 is 0.500 bits per heavy atom. The first-order chi connectivity index (χ1) is 11.9. The van der Waals surface area contributed by atoms with Crippen LogP contribution in [0.5, 0.6) is 0 Å². The number of hydrogen-bond acceptors (Lipinski definition) is 2. The summed E-state index contributed by atoms with van der Waals surface area (Å²) >= 11 is 0. The van der Waals surface area contributed by atoms with E-state index in [4.69, 9.17) is 0 Å². The Balaban J connectivity index is 1.65. The van der Waals surface area contributed by atoms with E-state index in [1.54, 1.807) is 12.4 Å². The molecule has 1 rings (SSSR count). The standard InChI is InChI=1S/C22H41N2/c1-2-3-4-5-6-7-8-9-10-11-12-13-14-15-16-17-18-19-22-23-20-21-24-22/h20-21H,2-19H2,1H3/q+1. The summed E-state index contributed by atoms with van der Waals surface area (Å²) < 4.78 is 0. The van der Waals surface area contributed by atoms with Crippen molar-refractivity contribution in [1.29, 1.82) is 0 Å². The van der Waals surface area contributed by atoms with Crippen molar-refractivity contribution in [2.45, 2.75) is 122 Å². The SMILES string of the molecule is CCCCCCCCCCCCCCCCCCC[C+]1N=CC=N1. The Labute approximate surface area is 151 Å². The zero-order chi connectivity index (χ0) is 17.1. The molecule has 2 heteroatoms. The molecule has 24 heavy (non-hydrogen) atoms. The first-order valence-corrected chi connectivity index (χ1v) is 10.9. The third kappa shape index (κ3) is 13.6. The molecule has 0 radical (unpaired) electrons. The van der Waals surface area contributed by atoms with Crippen molar-refractivity contribution >= 4 is 12.4 Å². The van der Waals surface area contributed by atoms with E-state index < -0.39 is 0 Å². The minimum atomic E-state index is 1.02. The van der Waals surface area contributed by atoms with Crippen LogP contribution in [0.15, 0.2) is 9.98 Å². The van der Waals surface area contributed by atoms with E-state index in [0.717, 1.165) is 12.6 Å². The third-order valence-electron chi connectivity index (χ3n) is 5.02. The summed E-state index contributed by atoms with van der Waals surface area (Å²) in [5.74, 6) is 0. The van der Waals surface area contributed by atoms with Gasteiger partial charge in [0, 0.05) is 0 Å². The number of hydrogen-bond donors (Lipinski definition) is 0. The highest BCUT2D eigenvalue weighted by Crippen LogP contribution is 2.18. The van der Waals surface area contributed by atoms with E-state index >= 15 is 0 Å². The van der Waals surface area contributed by atoms with Crippen LogP contribution in [0.2, 0.25) is 0 Å². The van der Waals surface area contributed by atoms with Crippen LogP contribution < -0.4 is 0 Å². The van der Waals surface area contributed by atoms with Crippen LogP contribution in [0, 0.1) is 6.17 Å². The zero-order valence-corrected chi connectivity index (χ0v) is 16.3. The second kappa shape index (κ2) is 17.0. The van der Waals surface area contributed by atoms with Crippen molar-refractivity contribution in [1.82, 2.24) is 0 Å². The lowest BCUT2D eigenvalue weighted by Gasteiger charge is -2.03. The van der Waals surface area contributed by atoms with Crippen molar-refractivity contribution in [2.24, 2.45) is 9.98 Å². The van der Waals surface area contributed by atoms with E-state index in [1.165, 1.54) is 109 Å². The van der Waals surface area contributed by atoms with Crippen LogP contribution in [-0.2, 0) is 0 Å². The number of aliphatic imine (C=N–C) groups is 2. The number of nitrogens with zero attached hydrogens (tertiary/aromatic N) is 2. The maximum absolute atomic E-state index is 4.22. The predicted octanol–water partition coefficient (Wildman–Crippen LogP) is 7.67. The summed E-state index contributed by atoms with van der Waals surface area (Å²) in [4.78, 5) is 8.43. The number of unbranched alkanes of at least 4 members (excludes halogenated alkanes) is 16. The third-order valence-corrected chi connectivity index (χ3v) is 5.02. The van der Waals surface area contributed by atoms with Gasteiger partial charge in [0.1, 0.15) is 0 Å². The van der Waals surface area contributed by atoms with E-state index in [9.17, 15) is 0 Å². The summed E-state index contributed by atoms with van der Waals surface area (Å²) in [6.45, 7) is 2.29. The molecule has 0 N–H and O–H groups in total. The molecule has 1 aliphatic heterocycles. The quantitative estimate of drug-likeness (QED) is 0.181. The topological polar surface area (TPSA) is 24.7 Å². The first kappa shape index (κ1) is 21.3. The fraction of sp³-hybridized carbons (Fsp3) is 0.864. The van der Waals surface area contributed by atoms with Crippen LogP contribution in [0.25, 0.3) is 0 Å². The van der Waals surface area contributed by atoms with Gasteiger partial charge in [-0.05, 0) is 6.42 Å². The lowest BCUT2D eigenvalue weighted by atomic mass is 10.0. The molecule has 0 spiro atoms. The highest BCUT2D eigenvalue weighted by molar-refractivity contribution is 6.18. The average molecular weight is 334 g/mol. The molecular weight excluding hydrogens is 292 g/mol. The van der Waals surface area contributed by atoms with Crippen LogP contribution in [0.1, 0.15) is 122 Å². The highest BCUT2D eigenvalue weighted by atomic mass is 15.0. The lowest BCUT2D eigenvalue weighted by molar-refractivity contribution is 0.525. The van der Waals surface area contributed by atoms with Gasteiger partial charge in [-0.25, -0.2) is 0 Å². The Morgan fingerprint density at radius 3 is 1.21 bits per heavy atom. The first-order valence-electron chi connectivity index (χ1n) is 10.9. The molecule has 1 aliphatic rings. The Morgan fingerprint density at radius 2 is 0.833 bits per heavy atom. The van der Waals surface area contributed by atoms with Crippen molar-refractivity contribution in [2.75, 3.05) is 0 Å². The van der Waals surface area contributed by atoms with Gasteiger partial charge in [0.2, 0.25) is 6.17 Å². The fourth-order valence-electron chi connectivity index (χ4n) is 3.41. The summed E-state index contributed by atoms with van der Waals surface area (Å²) in [7, 11) is 0. The van der Waals surface area contributed by atoms with Crippen LogP contribution in [0.4, 0.5) is 0 Å². The van der Waals surface area contributed by atoms with E-state index in [0.29, 0.717) is 0 Å². The second-order valence-corrected chi connectivity index (χ2v) is 7.38. The largest absolute Gasteiger partial charge is 0.240 e. The van der Waals surface area contributed by atoms with Crippen molar-refractivity contribution in [3.05, 3.63) is 6.17 Å². The lowest BCUT2D eigenvalue weighted by Crippen LogP contribution is -1.87. The Bertz CT molecular complexity index is 297. The summed E-state index contributed by atoms with van der Waals surface area (Å²) in [5, 5.41) is 0. The van der Waals surface area contributed by atoms with E-state index in [-0.39, 0.29) is 0 Å². The monoisotopic (exact) mass is 333 g/mol. The summed E-state index contributed by atoms with van der Waals surface area (Å²) in [6, 6.07) is 0. The fourth-order valence-corrected chi connectivity index (χ4v) is 3.41. The molecule has 0 aromatic rings. The Kier molecular flexibility index (Phi) is 15.1. The molecule has 0 aromatic carbocycles. The Hall–Kier alpha value is -0.790. The van der Waals surface area contributed by atoms with Gasteiger partial charge in [0.05, 0.1) is 6.42 Å². The van der Waals surface area contributed by atoms with Crippen molar-refractivity contribution in [3.8, 4) is 0 Å². The molecule has 0 amide bonds. The van der Waals surface area contributed by atoms with Gasteiger partial charge in [-0.3, -0.25) is 0 Å². The van der Waals surface area contributed by atoms with Gasteiger partial charge in [-0.1, -0.05) is 120 Å². The second-order valence-electron chi connectivity index (χ2n) is 7.38. The number of rotatable bonds is 18. The van der Waals surface area contributed by atoms with Gasteiger partial charge in [0.25, 0.3) is 0 Å². The highest BCUT2D eigenvalue weighted by Gasteiger charge is 2.14. The van der Waals surface area contributed by atoms with Gasteiger partial charge < -0.3 is 0 Å². The molecule has 2 nitrogen and oxygen atoms in total. The molecule has 0 aliphatic carbocycles. The average Bonchev–Trinajstić information content (AvgIpc) is 3.11. The van der Waals surface area contributed by atoms with Gasteiger partial charge in [0.15, 0.2) is 12.4 Å². The predicted molar refractivity (Wildman–Crippen MR) is 109 cm³/mol. The zero-order valence-electron chi connectivity index (χ0n) is 16.3. The minimum Gasteiger partial charge on any atom is -0.0968 e. The van der Waals surface area contributed by atoms with Crippen LogP contribution >= 0.6 is 0 Å². The molecule has 0 saturated carbocycles. The molecule has 0 fully saturated rings. The smallest absolute Gasteiger partial charge is 0.0968 e. The summed E-state index contributed by atoms with van der Waals surface area (Å²) in [6.07, 6.45) is 29.9. The van der Waals surface area contributed by atoms with Crippen molar-refractivity contribution in [3.63, 3.8) is 0 Å². The molecule has 0 aromatic heterocycles. The molecule has 0 atom stereocenters. The molecule has 0 bridgehead atoms. The van der Waals surface area contributed by atoms with Crippen LogP contribution in [0.3, 0.4) is 0 Å². The van der Waals surface area contributed by atoms with Gasteiger partial charge >= 0.3 is 0 Å². The molecule has 1 heterocycles. The molecule has 138 valence electrons. The maximum atomic E-state index is 4.22. The van der Waals surface area contributed by atoms with Gasteiger partial charge in [-0.2, -0.15) is 0 Å². The molecular formula is C22H41N2+. The molecule has 0 saturated heterocycles. The van der Waals surface area contributed by atoms with Crippen LogP contribution in [-0.4, -0.2) is 12.4 Å². The van der Waals surface area contributed by atoms with Gasteiger partial charge in [-0.15, -0.1) is 0 Å².